The van der Waals surface area contributed by atoms with Gasteiger partial charge in [0.1, 0.15) is 23.0 Å². The first kappa shape index (κ1) is 58.6. The smallest absolute Gasteiger partial charge is 0.519 e. The molecule has 14 aliphatic heterocycles. The molecule has 0 N–H and O–H groups in total. The summed E-state index contributed by atoms with van der Waals surface area (Å²) in [5.74, 6) is 7.60. The van der Waals surface area contributed by atoms with E-state index >= 15 is 0 Å². The molecule has 14 heterocycles. The van der Waals surface area contributed by atoms with Crippen LogP contribution in [-0.4, -0.2) is 54.9 Å². The third kappa shape index (κ3) is 12.2. The van der Waals surface area contributed by atoms with Crippen molar-refractivity contribution in [2.45, 2.75) is 130 Å². The molecule has 12 nitrogen and oxygen atoms in total. The lowest BCUT2D eigenvalue weighted by Gasteiger charge is -2.22. The van der Waals surface area contributed by atoms with Gasteiger partial charge in [-0.05, 0) is 74.2 Å². The van der Waals surface area contributed by atoms with E-state index in [2.05, 4.69) is 76.2 Å². The normalized spacial score (nSPS) is 13.4. The number of hydrogen-bond donors (Lipinski definition) is 0. The summed E-state index contributed by atoms with van der Waals surface area (Å²) < 4.78 is 82.2. The van der Waals surface area contributed by atoms with Crippen LogP contribution >= 0.6 is 0 Å². The second-order valence-corrected chi connectivity index (χ2v) is 23.4. The van der Waals surface area contributed by atoms with Crippen molar-refractivity contribution in [2.24, 2.45) is 0 Å². The van der Waals surface area contributed by atoms with Gasteiger partial charge >= 0.3 is 28.5 Å². The molecule has 0 unspecified atom stereocenters. The summed E-state index contributed by atoms with van der Waals surface area (Å²) in [5.41, 5.74) is 10.0. The average Bonchev–Trinajstić information content (AvgIpc) is 3.11. The predicted molar refractivity (Wildman–Crippen MR) is 353 cm³/mol. The molecule has 0 atom stereocenters. The zero-order valence-electron chi connectivity index (χ0n) is 51.2. The van der Waals surface area contributed by atoms with Gasteiger partial charge in [-0.1, -0.05) is 202 Å². The quantitative estimate of drug-likeness (QED) is 0.0424. The molecule has 8 aromatic carbocycles. The van der Waals surface area contributed by atoms with Crippen LogP contribution < -0.4 is 78.0 Å². The number of para-hydroxylation sites is 4. The fourth-order valence-electron chi connectivity index (χ4n) is 12.3. The molecule has 8 aromatic rings. The zero-order chi connectivity index (χ0) is 59.8. The van der Waals surface area contributed by atoms with Crippen LogP contribution in [0, 0.1) is 0 Å². The third-order valence-corrected chi connectivity index (χ3v) is 17.1. The Morgan fingerprint density at radius 3 is 0.682 bits per heavy atom. The highest BCUT2D eigenvalue weighted by Crippen LogP contribution is 2.55. The Bertz CT molecular complexity index is 3250. The van der Waals surface area contributed by atoms with E-state index in [0.29, 0.717) is 95.4 Å². The van der Waals surface area contributed by atoms with Gasteiger partial charge in [-0.15, -0.1) is 0 Å². The van der Waals surface area contributed by atoms with E-state index in [4.69, 9.17) is 56.2 Å². The van der Waals surface area contributed by atoms with E-state index in [1.54, 1.807) is 0 Å². The molecule has 16 heteroatoms. The lowest BCUT2D eigenvalue weighted by atomic mass is 9.74. The molecule has 0 amide bonds. The molecule has 0 saturated carbocycles. The van der Waals surface area contributed by atoms with Crippen LogP contribution in [0.5, 0.6) is 69.0 Å². The van der Waals surface area contributed by atoms with Crippen molar-refractivity contribution in [2.75, 3.05) is 26.4 Å². The largest absolute Gasteiger partial charge is 0.632 e. The second-order valence-electron chi connectivity index (χ2n) is 23.4. The van der Waals surface area contributed by atoms with Crippen molar-refractivity contribution in [3.05, 3.63) is 146 Å². The van der Waals surface area contributed by atoms with E-state index in [1.807, 2.05) is 97.1 Å². The number of hydrogen-bond acceptors (Lipinski definition) is 12. The van der Waals surface area contributed by atoms with Gasteiger partial charge in [-0.2, -0.15) is 0 Å². The summed E-state index contributed by atoms with van der Waals surface area (Å²) in [6, 6.07) is 48.7. The molecule has 0 radical (unpaired) electrons. The molecular weight excluding hydrogens is 1100 g/mol. The maximum Gasteiger partial charge on any atom is 0.632 e. The molecule has 0 aliphatic carbocycles. The minimum atomic E-state index is -0.725. The Kier molecular flexibility index (Phi) is 18.2. The highest BCUT2D eigenvalue weighted by Gasteiger charge is 2.43. The highest BCUT2D eigenvalue weighted by atomic mass is 16.6. The van der Waals surface area contributed by atoms with E-state index in [-0.39, 0.29) is 0 Å². The summed E-state index contributed by atoms with van der Waals surface area (Å²) in [4.78, 5) is 0. The van der Waals surface area contributed by atoms with Crippen LogP contribution in [0.4, 0.5) is 0 Å². The minimum Gasteiger partial charge on any atom is -0.519 e. The number of benzene rings is 8. The van der Waals surface area contributed by atoms with Gasteiger partial charge in [0.25, 0.3) is 0 Å². The molecule has 88 heavy (non-hydrogen) atoms. The summed E-state index contributed by atoms with van der Waals surface area (Å²) >= 11 is 0. The van der Waals surface area contributed by atoms with Crippen molar-refractivity contribution in [1.29, 1.82) is 0 Å². The van der Waals surface area contributed by atoms with Gasteiger partial charge in [0, 0.05) is 66.4 Å². The van der Waals surface area contributed by atoms with Crippen LogP contribution in [-0.2, 0) is 0 Å². The van der Waals surface area contributed by atoms with Crippen molar-refractivity contribution in [3.63, 3.8) is 0 Å². The number of rotatable bonds is 24. The average molecular weight is 1180 g/mol. The maximum atomic E-state index is 7.00. The van der Waals surface area contributed by atoms with Crippen molar-refractivity contribution in [1.82, 2.24) is 0 Å². The lowest BCUT2D eigenvalue weighted by Crippen LogP contribution is -2.43. The Balaban J connectivity index is 0.914. The van der Waals surface area contributed by atoms with Crippen molar-refractivity contribution < 1.29 is 56.2 Å². The topological polar surface area (TPSA) is 111 Å². The summed E-state index contributed by atoms with van der Waals surface area (Å²) in [6.45, 7) is 10.9. The van der Waals surface area contributed by atoms with Gasteiger partial charge in [0.2, 0.25) is 0 Å². The van der Waals surface area contributed by atoms with Gasteiger partial charge < -0.3 is 56.2 Å². The van der Waals surface area contributed by atoms with Crippen molar-refractivity contribution in [3.8, 4) is 114 Å². The summed E-state index contributed by atoms with van der Waals surface area (Å²) in [5, 5.41) is 0. The molecule has 14 aliphatic rings. The van der Waals surface area contributed by atoms with Crippen LogP contribution in [0.25, 0.3) is 44.5 Å². The molecule has 0 saturated heterocycles. The second kappa shape index (κ2) is 27.3. The Morgan fingerprint density at radius 1 is 0.239 bits per heavy atom. The summed E-state index contributed by atoms with van der Waals surface area (Å²) in [6.07, 6.45) is 16.8. The summed E-state index contributed by atoms with van der Waals surface area (Å²) in [7, 11) is -2.90. The third-order valence-electron chi connectivity index (χ3n) is 17.1. The van der Waals surface area contributed by atoms with Crippen LogP contribution in [0.1, 0.15) is 130 Å². The van der Waals surface area contributed by atoms with Gasteiger partial charge in [-0.3, -0.25) is 0 Å². The molecule has 16 bridgehead atoms. The fraction of sp³-hybridized carbons (Fsp3) is 0.333. The fourth-order valence-corrected chi connectivity index (χ4v) is 12.3. The van der Waals surface area contributed by atoms with Crippen LogP contribution in [0.2, 0.25) is 0 Å². The lowest BCUT2D eigenvalue weighted by molar-refractivity contribution is 0.260. The van der Waals surface area contributed by atoms with Gasteiger partial charge in [-0.25, -0.2) is 0 Å². The molecule has 0 spiro atoms. The molecule has 0 fully saturated rings. The highest BCUT2D eigenvalue weighted by molar-refractivity contribution is 6.67. The molecule has 448 valence electrons. The van der Waals surface area contributed by atoms with E-state index < -0.39 is 28.5 Å². The van der Waals surface area contributed by atoms with Gasteiger partial charge in [0.15, 0.2) is 46.0 Å². The standard InChI is InChI=1S/C72H76B4O12/c1-5-9-13-17-45-77-69-57-41-42-58(70(69)78-46-18-14-10-6-2)54-26-22-30-62-66(54)86-74(82-62)50-37-39-52(40-38-50)76-84-64-32-24-28-56(68(64)88-76)60-44-43-59(71(79-47-19-15-11-7-3)72(60)80-48-20-16-12-8-4)55-27-23-31-63-67(55)87-75(83-63)51-35-33-49(34-36-51)73-81-61-29-21-25-53(57)65(61)85-73/h21-44H,5-20,45-48H2,1-4H3. The maximum absolute atomic E-state index is 7.00. The molecule has 0 aromatic heterocycles. The molecular formula is C72H76B4O12. The number of ether oxygens (including phenoxy) is 4. The van der Waals surface area contributed by atoms with Crippen LogP contribution in [0.3, 0.4) is 0 Å². The van der Waals surface area contributed by atoms with E-state index in [0.717, 1.165) is 169 Å². The van der Waals surface area contributed by atoms with Crippen LogP contribution in [0.15, 0.2) is 146 Å². The first-order chi connectivity index (χ1) is 43.5. The molecule has 22 rings (SSSR count). The van der Waals surface area contributed by atoms with E-state index in [9.17, 15) is 0 Å². The first-order valence-electron chi connectivity index (χ1n) is 32.4. The first-order valence-corrected chi connectivity index (χ1v) is 32.4. The van der Waals surface area contributed by atoms with Crippen molar-refractivity contribution >= 4 is 50.3 Å². The number of unbranched alkanes of at least 4 members (excludes halogenated alkanes) is 12. The van der Waals surface area contributed by atoms with E-state index in [1.165, 1.54) is 0 Å². The van der Waals surface area contributed by atoms with Gasteiger partial charge in [0.05, 0.1) is 26.4 Å². The Hall–Kier alpha value is -8.38. The predicted octanol–water partition coefficient (Wildman–Crippen LogP) is 15.2. The SMILES string of the molecule is CCCCCCOc1c2ccc(c1OCCCCCC)-c1cccc3c1OB(O3)c1ccc(cc1)B1Oc3cccc(c3O1)-c1ccc(c(OCCCCCC)c1OCCCCCC)-c1cccc3c1OB(O3)c1ccc(cc1)B1Oc3cccc-2c3O1. The Labute approximate surface area is 519 Å². The monoisotopic (exact) mass is 1180 g/mol. The Morgan fingerprint density at radius 2 is 0.466 bits per heavy atom. The zero-order valence-corrected chi connectivity index (χ0v) is 51.2. The minimum absolute atomic E-state index is 0.510.